The average molecular weight is 336 g/mol. The standard InChI is InChI=1S/C22H28N2O/c1-5-6-12-25-19-13-18-14-20(22(2,3)4)24(21(18)23-15-19)16-17-10-8-7-9-11-17/h7-11,13-15H,5-6,12,16H2,1-4H3. The van der Waals surface area contributed by atoms with Gasteiger partial charge in [0.1, 0.15) is 11.4 Å². The molecule has 0 unspecified atom stereocenters. The Kier molecular flexibility index (Phi) is 5.12. The van der Waals surface area contributed by atoms with Crippen LogP contribution in [0.2, 0.25) is 0 Å². The van der Waals surface area contributed by atoms with Crippen molar-refractivity contribution in [3.63, 3.8) is 0 Å². The largest absolute Gasteiger partial charge is 0.492 e. The summed E-state index contributed by atoms with van der Waals surface area (Å²) in [6.07, 6.45) is 4.06. The molecule has 0 fully saturated rings. The second-order valence-corrected chi connectivity index (χ2v) is 7.64. The molecule has 0 atom stereocenters. The molecule has 0 aliphatic carbocycles. The lowest BCUT2D eigenvalue weighted by molar-refractivity contribution is 0.308. The summed E-state index contributed by atoms with van der Waals surface area (Å²) in [7, 11) is 0. The zero-order valence-electron chi connectivity index (χ0n) is 15.7. The van der Waals surface area contributed by atoms with Crippen LogP contribution in [0.25, 0.3) is 11.0 Å². The topological polar surface area (TPSA) is 27.1 Å². The van der Waals surface area contributed by atoms with Crippen molar-refractivity contribution >= 4 is 11.0 Å². The van der Waals surface area contributed by atoms with E-state index < -0.39 is 0 Å². The SMILES string of the molecule is CCCCOc1cnc2c(c1)cc(C(C)(C)C)n2Cc1ccccc1. The number of unbranched alkanes of at least 4 members (excludes halogenated alkanes) is 1. The molecule has 3 aromatic rings. The first-order valence-electron chi connectivity index (χ1n) is 9.15. The summed E-state index contributed by atoms with van der Waals surface area (Å²) < 4.78 is 8.17. The number of fused-ring (bicyclic) bond motifs is 1. The molecule has 0 radical (unpaired) electrons. The van der Waals surface area contributed by atoms with E-state index in [-0.39, 0.29) is 5.41 Å². The molecule has 0 spiro atoms. The van der Waals surface area contributed by atoms with Crippen LogP contribution in [0.4, 0.5) is 0 Å². The molecule has 0 saturated heterocycles. The number of hydrogen-bond acceptors (Lipinski definition) is 2. The maximum atomic E-state index is 5.84. The van der Waals surface area contributed by atoms with E-state index in [1.165, 1.54) is 11.3 Å². The number of hydrogen-bond donors (Lipinski definition) is 0. The Morgan fingerprint density at radius 1 is 1.08 bits per heavy atom. The van der Waals surface area contributed by atoms with E-state index in [2.05, 4.69) is 74.7 Å². The van der Waals surface area contributed by atoms with Gasteiger partial charge in [0.15, 0.2) is 0 Å². The maximum absolute atomic E-state index is 5.84. The summed E-state index contributed by atoms with van der Waals surface area (Å²) >= 11 is 0. The number of ether oxygens (including phenoxy) is 1. The Balaban J connectivity index is 2.00. The molecule has 0 aliphatic rings. The van der Waals surface area contributed by atoms with E-state index in [9.17, 15) is 0 Å². The molecular formula is C22H28N2O. The number of pyridine rings is 1. The molecule has 1 aromatic carbocycles. The van der Waals surface area contributed by atoms with Crippen molar-refractivity contribution in [3.05, 3.63) is 59.9 Å². The van der Waals surface area contributed by atoms with Gasteiger partial charge >= 0.3 is 0 Å². The van der Waals surface area contributed by atoms with Gasteiger partial charge in [0.05, 0.1) is 12.8 Å². The highest BCUT2D eigenvalue weighted by molar-refractivity contribution is 5.79. The molecule has 132 valence electrons. The van der Waals surface area contributed by atoms with Crippen LogP contribution < -0.4 is 4.74 Å². The monoisotopic (exact) mass is 336 g/mol. The molecular weight excluding hydrogens is 308 g/mol. The Bertz CT molecular complexity index is 828. The third-order valence-corrected chi connectivity index (χ3v) is 4.43. The van der Waals surface area contributed by atoms with Crippen molar-refractivity contribution in [1.29, 1.82) is 0 Å². The maximum Gasteiger partial charge on any atom is 0.140 e. The minimum atomic E-state index is 0.0543. The fourth-order valence-corrected chi connectivity index (χ4v) is 3.09. The summed E-state index contributed by atoms with van der Waals surface area (Å²) in [4.78, 5) is 4.73. The first kappa shape index (κ1) is 17.5. The van der Waals surface area contributed by atoms with Gasteiger partial charge in [-0.15, -0.1) is 0 Å². The third-order valence-electron chi connectivity index (χ3n) is 4.43. The Morgan fingerprint density at radius 3 is 2.52 bits per heavy atom. The zero-order chi connectivity index (χ0) is 17.9. The van der Waals surface area contributed by atoms with Crippen molar-refractivity contribution in [3.8, 4) is 5.75 Å². The van der Waals surface area contributed by atoms with E-state index in [0.29, 0.717) is 0 Å². The van der Waals surface area contributed by atoms with Crippen molar-refractivity contribution in [2.75, 3.05) is 6.61 Å². The van der Waals surface area contributed by atoms with Crippen molar-refractivity contribution < 1.29 is 4.74 Å². The van der Waals surface area contributed by atoms with Gasteiger partial charge in [-0.05, 0) is 24.1 Å². The molecule has 2 heterocycles. The van der Waals surface area contributed by atoms with Crippen LogP contribution >= 0.6 is 0 Å². The van der Waals surface area contributed by atoms with Gasteiger partial charge in [-0.1, -0.05) is 64.4 Å². The third kappa shape index (κ3) is 4.04. The zero-order valence-corrected chi connectivity index (χ0v) is 15.7. The molecule has 0 aliphatic heterocycles. The van der Waals surface area contributed by atoms with Gasteiger partial charge in [0, 0.05) is 23.0 Å². The minimum absolute atomic E-state index is 0.0543. The molecule has 3 heteroatoms. The van der Waals surface area contributed by atoms with Crippen molar-refractivity contribution in [2.45, 2.75) is 52.5 Å². The normalized spacial score (nSPS) is 11.8. The lowest BCUT2D eigenvalue weighted by Gasteiger charge is -2.22. The molecule has 0 saturated carbocycles. The predicted octanol–water partition coefficient (Wildman–Crippen LogP) is 5.56. The van der Waals surface area contributed by atoms with E-state index >= 15 is 0 Å². The minimum Gasteiger partial charge on any atom is -0.492 e. The van der Waals surface area contributed by atoms with Crippen LogP contribution in [-0.4, -0.2) is 16.2 Å². The lowest BCUT2D eigenvalue weighted by Crippen LogP contribution is -2.18. The predicted molar refractivity (Wildman–Crippen MR) is 104 cm³/mol. The van der Waals surface area contributed by atoms with E-state index in [1.807, 2.05) is 6.20 Å². The van der Waals surface area contributed by atoms with Crippen LogP contribution in [0.1, 0.15) is 51.8 Å². The Morgan fingerprint density at radius 2 is 1.84 bits per heavy atom. The summed E-state index contributed by atoms with van der Waals surface area (Å²) in [5.74, 6) is 0.860. The van der Waals surface area contributed by atoms with E-state index in [1.54, 1.807) is 0 Å². The smallest absolute Gasteiger partial charge is 0.140 e. The summed E-state index contributed by atoms with van der Waals surface area (Å²) in [6, 6.07) is 14.9. The molecule has 2 aromatic heterocycles. The van der Waals surface area contributed by atoms with Gasteiger partial charge < -0.3 is 9.30 Å². The molecule has 3 rings (SSSR count). The van der Waals surface area contributed by atoms with Crippen molar-refractivity contribution in [2.24, 2.45) is 0 Å². The second kappa shape index (κ2) is 7.30. The van der Waals surface area contributed by atoms with Crippen LogP contribution in [0.3, 0.4) is 0 Å². The van der Waals surface area contributed by atoms with Crippen LogP contribution in [0.5, 0.6) is 5.75 Å². The molecule has 0 N–H and O–H groups in total. The average Bonchev–Trinajstić information content (AvgIpc) is 2.94. The Labute approximate surface area is 150 Å². The number of rotatable bonds is 6. The highest BCUT2D eigenvalue weighted by atomic mass is 16.5. The molecule has 0 amide bonds. The first-order valence-corrected chi connectivity index (χ1v) is 9.15. The Hall–Kier alpha value is -2.29. The summed E-state index contributed by atoms with van der Waals surface area (Å²) in [5.41, 5.74) is 3.66. The van der Waals surface area contributed by atoms with E-state index in [0.717, 1.165) is 42.8 Å². The lowest BCUT2D eigenvalue weighted by atomic mass is 9.92. The van der Waals surface area contributed by atoms with Crippen LogP contribution in [0.15, 0.2) is 48.7 Å². The van der Waals surface area contributed by atoms with Gasteiger partial charge in [-0.3, -0.25) is 0 Å². The molecule has 3 nitrogen and oxygen atoms in total. The second-order valence-electron chi connectivity index (χ2n) is 7.64. The van der Waals surface area contributed by atoms with Gasteiger partial charge in [0.2, 0.25) is 0 Å². The fraction of sp³-hybridized carbons (Fsp3) is 0.409. The highest BCUT2D eigenvalue weighted by Crippen LogP contribution is 2.31. The van der Waals surface area contributed by atoms with Crippen LogP contribution in [0, 0.1) is 0 Å². The van der Waals surface area contributed by atoms with E-state index in [4.69, 9.17) is 9.72 Å². The summed E-state index contributed by atoms with van der Waals surface area (Å²) in [6.45, 7) is 10.5. The highest BCUT2D eigenvalue weighted by Gasteiger charge is 2.22. The van der Waals surface area contributed by atoms with Crippen molar-refractivity contribution in [1.82, 2.24) is 9.55 Å². The van der Waals surface area contributed by atoms with Gasteiger partial charge in [-0.25, -0.2) is 4.98 Å². The number of benzene rings is 1. The van der Waals surface area contributed by atoms with Crippen LogP contribution in [-0.2, 0) is 12.0 Å². The first-order chi connectivity index (χ1) is 12.0. The van der Waals surface area contributed by atoms with Gasteiger partial charge in [-0.2, -0.15) is 0 Å². The molecule has 0 bridgehead atoms. The number of aromatic nitrogens is 2. The quantitative estimate of drug-likeness (QED) is 0.551. The number of nitrogens with zero attached hydrogens (tertiary/aromatic N) is 2. The summed E-state index contributed by atoms with van der Waals surface area (Å²) in [5, 5.41) is 1.15. The fourth-order valence-electron chi connectivity index (χ4n) is 3.09. The molecule has 25 heavy (non-hydrogen) atoms. The van der Waals surface area contributed by atoms with Gasteiger partial charge in [0.25, 0.3) is 0 Å².